The normalized spacial score (nSPS) is 13.6. The molecule has 178 valence electrons. The van der Waals surface area contributed by atoms with Crippen LogP contribution in [0.15, 0.2) is 66.3 Å². The maximum absolute atomic E-state index is 12.6. The summed E-state index contributed by atoms with van der Waals surface area (Å²) in [6.07, 6.45) is 3.88. The van der Waals surface area contributed by atoms with Crippen LogP contribution >= 0.6 is 0 Å². The molecular weight excluding hydrogens is 406 g/mol. The molecule has 0 atom stereocenters. The maximum Gasteiger partial charge on any atom is 0.413 e. The molecule has 0 radical (unpaired) electrons. The van der Waals surface area contributed by atoms with E-state index in [0.717, 1.165) is 11.1 Å². The van der Waals surface area contributed by atoms with Gasteiger partial charge in [0.25, 0.3) is 0 Å². The molecule has 0 saturated heterocycles. The fourth-order valence-electron chi connectivity index (χ4n) is 3.23. The van der Waals surface area contributed by atoms with Crippen LogP contribution in [0.1, 0.15) is 85.9 Å². The molecule has 0 heterocycles. The van der Waals surface area contributed by atoms with Crippen LogP contribution in [0.25, 0.3) is 5.57 Å². The van der Waals surface area contributed by atoms with Gasteiger partial charge in [-0.15, -0.1) is 0 Å². The average molecular weight is 448 g/mol. The molecule has 2 rings (SSSR count). The van der Waals surface area contributed by atoms with Gasteiger partial charge in [-0.2, -0.15) is 0 Å². The molecule has 2 aromatic carbocycles. The van der Waals surface area contributed by atoms with Crippen molar-refractivity contribution in [1.82, 2.24) is 5.32 Å². The predicted molar refractivity (Wildman–Crippen MR) is 141 cm³/mol. The molecular formula is C30H41NO2. The molecule has 0 spiro atoms. The van der Waals surface area contributed by atoms with E-state index in [-0.39, 0.29) is 10.8 Å². The number of hydrogen-bond acceptors (Lipinski definition) is 2. The van der Waals surface area contributed by atoms with E-state index in [2.05, 4.69) is 85.0 Å². The molecule has 0 unspecified atom stereocenters. The summed E-state index contributed by atoms with van der Waals surface area (Å²) in [7, 11) is 0. The summed E-state index contributed by atoms with van der Waals surface area (Å²) in [5.41, 5.74) is 5.48. The number of benzene rings is 2. The Hall–Kier alpha value is -2.81. The smallest absolute Gasteiger partial charge is 0.410 e. The highest BCUT2D eigenvalue weighted by Crippen LogP contribution is 2.28. The molecule has 0 aliphatic heterocycles. The lowest BCUT2D eigenvalue weighted by molar-refractivity contribution is 0.188. The highest BCUT2D eigenvalue weighted by atomic mass is 16.6. The molecule has 0 bridgehead atoms. The van der Waals surface area contributed by atoms with Crippen LogP contribution in [0, 0.1) is 5.41 Å². The Labute approximate surface area is 201 Å². The molecule has 2 aromatic rings. The molecule has 33 heavy (non-hydrogen) atoms. The van der Waals surface area contributed by atoms with Gasteiger partial charge in [-0.25, -0.2) is 4.79 Å². The number of amides is 1. The van der Waals surface area contributed by atoms with Gasteiger partial charge in [0.1, 0.15) is 5.75 Å². The monoisotopic (exact) mass is 447 g/mol. The molecule has 1 amide bonds. The van der Waals surface area contributed by atoms with Crippen molar-refractivity contribution >= 4 is 11.7 Å². The van der Waals surface area contributed by atoms with Crippen LogP contribution < -0.4 is 10.1 Å². The van der Waals surface area contributed by atoms with Crippen LogP contribution in [0.4, 0.5) is 4.79 Å². The first-order valence-corrected chi connectivity index (χ1v) is 11.7. The van der Waals surface area contributed by atoms with Crippen molar-refractivity contribution in [3.8, 4) is 5.75 Å². The summed E-state index contributed by atoms with van der Waals surface area (Å²) in [5.74, 6) is 0.532. The highest BCUT2D eigenvalue weighted by Gasteiger charge is 2.24. The molecule has 0 aliphatic rings. The van der Waals surface area contributed by atoms with Gasteiger partial charge in [-0.3, -0.25) is 0 Å². The predicted octanol–water partition coefficient (Wildman–Crippen LogP) is 8.40. The molecule has 0 aromatic heterocycles. The second-order valence-electron chi connectivity index (χ2n) is 11.4. The van der Waals surface area contributed by atoms with Crippen LogP contribution in [0.2, 0.25) is 0 Å². The number of hydrogen-bond donors (Lipinski definition) is 1. The van der Waals surface area contributed by atoms with Gasteiger partial charge in [0.05, 0.1) is 5.54 Å². The summed E-state index contributed by atoms with van der Waals surface area (Å²) in [4.78, 5) is 12.6. The van der Waals surface area contributed by atoms with Gasteiger partial charge in [0.2, 0.25) is 0 Å². The van der Waals surface area contributed by atoms with E-state index < -0.39 is 11.6 Å². The standard InChI is InChI=1S/C30H41NO2/c1-21(14-15-22(2)28(3,4)5)23-12-11-13-25(20-23)30(9,10)31-27(32)33-26-18-16-24(17-19-26)29(6,7)8/h11-20H,1-10H3,(H,31,32)/b21-14+,22-15-. The molecule has 0 saturated carbocycles. The Morgan fingerprint density at radius 2 is 1.42 bits per heavy atom. The highest BCUT2D eigenvalue weighted by molar-refractivity contribution is 5.72. The number of rotatable bonds is 5. The van der Waals surface area contributed by atoms with Crippen molar-refractivity contribution in [3.05, 3.63) is 82.9 Å². The van der Waals surface area contributed by atoms with Gasteiger partial charge in [-0.05, 0) is 79.0 Å². The van der Waals surface area contributed by atoms with E-state index in [9.17, 15) is 4.79 Å². The molecule has 0 fully saturated rings. The van der Waals surface area contributed by atoms with E-state index in [1.54, 1.807) is 0 Å². The molecule has 3 heteroatoms. The summed E-state index contributed by atoms with van der Waals surface area (Å²) >= 11 is 0. The molecule has 3 nitrogen and oxygen atoms in total. The lowest BCUT2D eigenvalue weighted by Crippen LogP contribution is -2.42. The largest absolute Gasteiger partial charge is 0.413 e. The number of allylic oxidation sites excluding steroid dienone is 4. The zero-order valence-corrected chi connectivity index (χ0v) is 22.1. The van der Waals surface area contributed by atoms with E-state index in [4.69, 9.17) is 4.74 Å². The average Bonchev–Trinajstić information content (AvgIpc) is 2.70. The van der Waals surface area contributed by atoms with Crippen molar-refractivity contribution in [2.45, 2.75) is 80.2 Å². The number of carbonyl (C=O) groups excluding carboxylic acids is 1. The Morgan fingerprint density at radius 3 is 1.97 bits per heavy atom. The second-order valence-corrected chi connectivity index (χ2v) is 11.4. The Morgan fingerprint density at radius 1 is 0.818 bits per heavy atom. The van der Waals surface area contributed by atoms with Gasteiger partial charge in [-0.1, -0.05) is 89.6 Å². The quantitative estimate of drug-likeness (QED) is 0.467. The number of ether oxygens (including phenoxy) is 1. The number of nitrogens with one attached hydrogen (secondary N) is 1. The van der Waals surface area contributed by atoms with Gasteiger partial charge >= 0.3 is 6.09 Å². The zero-order chi connectivity index (χ0) is 25.0. The first-order valence-electron chi connectivity index (χ1n) is 11.7. The van der Waals surface area contributed by atoms with Crippen molar-refractivity contribution in [2.75, 3.05) is 0 Å². The lowest BCUT2D eigenvalue weighted by atomic mass is 9.87. The minimum Gasteiger partial charge on any atom is -0.410 e. The Kier molecular flexibility index (Phi) is 8.00. The van der Waals surface area contributed by atoms with E-state index in [1.165, 1.54) is 16.7 Å². The third-order valence-electron chi connectivity index (χ3n) is 6.15. The van der Waals surface area contributed by atoms with E-state index in [0.29, 0.717) is 5.75 Å². The molecule has 1 N–H and O–H groups in total. The Balaban J connectivity index is 2.14. The fourth-order valence-corrected chi connectivity index (χ4v) is 3.23. The minimum atomic E-state index is -0.587. The first kappa shape index (κ1) is 26.4. The van der Waals surface area contributed by atoms with Crippen molar-refractivity contribution in [1.29, 1.82) is 0 Å². The summed E-state index contributed by atoms with van der Waals surface area (Å²) in [6, 6.07) is 16.0. The summed E-state index contributed by atoms with van der Waals surface area (Å²) in [5, 5.41) is 3.01. The van der Waals surface area contributed by atoms with Crippen molar-refractivity contribution < 1.29 is 9.53 Å². The minimum absolute atomic E-state index is 0.0571. The van der Waals surface area contributed by atoms with Gasteiger partial charge in [0, 0.05) is 0 Å². The first-order chi connectivity index (χ1) is 15.1. The lowest BCUT2D eigenvalue weighted by Gasteiger charge is -2.27. The fraction of sp³-hybridized carbons (Fsp3) is 0.433. The maximum atomic E-state index is 12.6. The SMILES string of the molecule is C/C(=C/C=C(\C)c1cccc(C(C)(C)NC(=O)Oc2ccc(C(C)(C)C)cc2)c1)C(C)(C)C. The Bertz CT molecular complexity index is 1030. The van der Waals surface area contributed by atoms with Crippen molar-refractivity contribution in [3.63, 3.8) is 0 Å². The van der Waals surface area contributed by atoms with Gasteiger partial charge < -0.3 is 10.1 Å². The topological polar surface area (TPSA) is 38.3 Å². The third kappa shape index (κ3) is 7.63. The third-order valence-corrected chi connectivity index (χ3v) is 6.15. The summed E-state index contributed by atoms with van der Waals surface area (Å²) in [6.45, 7) is 21.4. The number of carbonyl (C=O) groups is 1. The van der Waals surface area contributed by atoms with Crippen LogP contribution in [-0.2, 0) is 11.0 Å². The second kappa shape index (κ2) is 9.99. The molecule has 0 aliphatic carbocycles. The van der Waals surface area contributed by atoms with Crippen LogP contribution in [-0.4, -0.2) is 6.09 Å². The van der Waals surface area contributed by atoms with Crippen LogP contribution in [0.5, 0.6) is 5.75 Å². The van der Waals surface area contributed by atoms with Gasteiger partial charge in [0.15, 0.2) is 0 Å². The van der Waals surface area contributed by atoms with E-state index >= 15 is 0 Å². The van der Waals surface area contributed by atoms with E-state index in [1.807, 2.05) is 50.2 Å². The van der Waals surface area contributed by atoms with Crippen molar-refractivity contribution in [2.24, 2.45) is 5.41 Å². The van der Waals surface area contributed by atoms with Crippen LogP contribution in [0.3, 0.4) is 0 Å². The zero-order valence-electron chi connectivity index (χ0n) is 22.1. The summed E-state index contributed by atoms with van der Waals surface area (Å²) < 4.78 is 5.54.